The Bertz CT molecular complexity index is 408. The van der Waals surface area contributed by atoms with Crippen LogP contribution in [0.5, 0.6) is 5.75 Å². The average molecular weight is 220 g/mol. The second kappa shape index (κ2) is 3.47. The molecule has 3 rings (SSSR count). The maximum Gasteiger partial charge on any atom is 0.137 e. The van der Waals surface area contributed by atoms with Crippen molar-refractivity contribution in [3.05, 3.63) is 29.3 Å². The van der Waals surface area contributed by atoms with E-state index in [1.807, 2.05) is 25.1 Å². The molecule has 2 aliphatic heterocycles. The fourth-order valence-corrected chi connectivity index (χ4v) is 2.59. The predicted octanol–water partition coefficient (Wildman–Crippen LogP) is 1.97. The normalized spacial score (nSPS) is 32.5. The number of hydrogen-bond donors (Lipinski definition) is 1. The second-order valence-corrected chi connectivity index (χ2v) is 4.85. The van der Waals surface area contributed by atoms with Crippen molar-refractivity contribution in [2.75, 3.05) is 13.2 Å². The van der Waals surface area contributed by atoms with Crippen LogP contribution in [-0.4, -0.2) is 23.9 Å². The number of aliphatic hydroxyl groups is 1. The van der Waals surface area contributed by atoms with Crippen molar-refractivity contribution >= 4 is 0 Å². The van der Waals surface area contributed by atoms with E-state index in [9.17, 15) is 5.11 Å². The number of ether oxygens (including phenoxy) is 2. The summed E-state index contributed by atoms with van der Waals surface area (Å²) in [6.07, 6.45) is 1.09. The topological polar surface area (TPSA) is 38.7 Å². The molecule has 0 bridgehead atoms. The van der Waals surface area contributed by atoms with Gasteiger partial charge in [-0.25, -0.2) is 0 Å². The summed E-state index contributed by atoms with van der Waals surface area (Å²) in [5.74, 6) is 0.815. The van der Waals surface area contributed by atoms with Crippen LogP contribution in [-0.2, 0) is 4.74 Å². The summed E-state index contributed by atoms with van der Waals surface area (Å²) < 4.78 is 11.4. The van der Waals surface area contributed by atoms with Gasteiger partial charge in [-0.3, -0.25) is 0 Å². The van der Waals surface area contributed by atoms with E-state index < -0.39 is 6.10 Å². The third kappa shape index (κ3) is 1.51. The Balaban J connectivity index is 1.99. The lowest BCUT2D eigenvalue weighted by atomic mass is 9.88. The monoisotopic (exact) mass is 220 g/mol. The highest BCUT2D eigenvalue weighted by atomic mass is 16.6. The zero-order valence-corrected chi connectivity index (χ0v) is 9.40. The summed E-state index contributed by atoms with van der Waals surface area (Å²) in [6, 6.07) is 5.97. The molecule has 3 heteroatoms. The first-order valence-corrected chi connectivity index (χ1v) is 5.74. The van der Waals surface area contributed by atoms with Crippen LogP contribution in [0.1, 0.15) is 30.1 Å². The quantitative estimate of drug-likeness (QED) is 0.726. The molecule has 1 saturated heterocycles. The number of fused-ring (bicyclic) bond motifs is 1. The number of hydrogen-bond acceptors (Lipinski definition) is 3. The summed E-state index contributed by atoms with van der Waals surface area (Å²) in [6.45, 7) is 3.35. The van der Waals surface area contributed by atoms with Crippen molar-refractivity contribution in [1.82, 2.24) is 0 Å². The number of rotatable bonds is 0. The molecular weight excluding hydrogens is 204 g/mol. The van der Waals surface area contributed by atoms with Gasteiger partial charge in [0, 0.05) is 18.4 Å². The smallest absolute Gasteiger partial charge is 0.137 e. The molecule has 1 spiro atoms. The molecule has 0 radical (unpaired) electrons. The van der Waals surface area contributed by atoms with Gasteiger partial charge in [0.05, 0.1) is 19.3 Å². The van der Waals surface area contributed by atoms with Crippen molar-refractivity contribution in [2.45, 2.75) is 31.5 Å². The largest absolute Gasteiger partial charge is 0.484 e. The van der Waals surface area contributed by atoms with Crippen LogP contribution in [0.15, 0.2) is 18.2 Å². The Morgan fingerprint density at radius 3 is 3.06 bits per heavy atom. The van der Waals surface area contributed by atoms with E-state index in [0.717, 1.165) is 29.9 Å². The Morgan fingerprint density at radius 1 is 1.44 bits per heavy atom. The SMILES string of the molecule is Cc1ccc2c(c1)C(O)CC1(CCOC1)O2. The fraction of sp³-hybridized carbons (Fsp3) is 0.538. The maximum absolute atomic E-state index is 10.2. The molecule has 0 aliphatic carbocycles. The summed E-state index contributed by atoms with van der Waals surface area (Å²) in [4.78, 5) is 0. The molecular formula is C13H16O3. The predicted molar refractivity (Wildman–Crippen MR) is 59.6 cm³/mol. The molecule has 16 heavy (non-hydrogen) atoms. The first-order chi connectivity index (χ1) is 7.69. The van der Waals surface area contributed by atoms with Crippen LogP contribution in [0.3, 0.4) is 0 Å². The highest BCUT2D eigenvalue weighted by Crippen LogP contribution is 2.43. The number of aliphatic hydroxyl groups excluding tert-OH is 1. The van der Waals surface area contributed by atoms with E-state index in [0.29, 0.717) is 13.0 Å². The summed E-state index contributed by atoms with van der Waals surface area (Å²) in [5.41, 5.74) is 1.78. The van der Waals surface area contributed by atoms with Gasteiger partial charge in [0.1, 0.15) is 11.4 Å². The van der Waals surface area contributed by atoms with Crippen molar-refractivity contribution < 1.29 is 14.6 Å². The van der Waals surface area contributed by atoms with Crippen LogP contribution in [0.4, 0.5) is 0 Å². The minimum absolute atomic E-state index is 0.290. The summed E-state index contributed by atoms with van der Waals surface area (Å²) in [7, 11) is 0. The molecule has 1 aromatic carbocycles. The van der Waals surface area contributed by atoms with Gasteiger partial charge in [-0.05, 0) is 19.1 Å². The highest BCUT2D eigenvalue weighted by Gasteiger charge is 2.43. The number of aryl methyl sites for hydroxylation is 1. The molecule has 2 unspecified atom stereocenters. The molecule has 0 saturated carbocycles. The van der Waals surface area contributed by atoms with E-state index in [4.69, 9.17) is 9.47 Å². The minimum Gasteiger partial charge on any atom is -0.484 e. The highest BCUT2D eigenvalue weighted by molar-refractivity contribution is 5.41. The third-order valence-electron chi connectivity index (χ3n) is 3.48. The van der Waals surface area contributed by atoms with Gasteiger partial charge in [0.25, 0.3) is 0 Å². The molecule has 0 amide bonds. The molecule has 3 nitrogen and oxygen atoms in total. The van der Waals surface area contributed by atoms with Crippen molar-refractivity contribution in [3.63, 3.8) is 0 Å². The molecule has 86 valence electrons. The molecule has 1 fully saturated rings. The van der Waals surface area contributed by atoms with Crippen molar-refractivity contribution in [3.8, 4) is 5.75 Å². The zero-order chi connectivity index (χ0) is 11.2. The standard InChI is InChI=1S/C13H16O3/c1-9-2-3-12-10(6-9)11(14)7-13(16-12)4-5-15-8-13/h2-3,6,11,14H,4-5,7-8H2,1H3. The van der Waals surface area contributed by atoms with Crippen LogP contribution in [0.2, 0.25) is 0 Å². The Morgan fingerprint density at radius 2 is 2.31 bits per heavy atom. The fourth-order valence-electron chi connectivity index (χ4n) is 2.59. The van der Waals surface area contributed by atoms with Crippen molar-refractivity contribution in [2.24, 2.45) is 0 Å². The molecule has 2 atom stereocenters. The van der Waals surface area contributed by atoms with Gasteiger partial charge >= 0.3 is 0 Å². The van der Waals surface area contributed by atoms with Crippen LogP contribution >= 0.6 is 0 Å². The van der Waals surface area contributed by atoms with Gasteiger partial charge in [-0.1, -0.05) is 11.6 Å². The minimum atomic E-state index is -0.426. The molecule has 1 N–H and O–H groups in total. The Kier molecular flexibility index (Phi) is 2.19. The first kappa shape index (κ1) is 10.1. The van der Waals surface area contributed by atoms with Gasteiger partial charge in [-0.15, -0.1) is 0 Å². The summed E-state index contributed by atoms with van der Waals surface area (Å²) >= 11 is 0. The lowest BCUT2D eigenvalue weighted by molar-refractivity contribution is -0.0194. The van der Waals surface area contributed by atoms with Crippen LogP contribution in [0, 0.1) is 6.92 Å². The van der Waals surface area contributed by atoms with Gasteiger partial charge in [0.15, 0.2) is 0 Å². The van der Waals surface area contributed by atoms with Crippen LogP contribution in [0.25, 0.3) is 0 Å². The Hall–Kier alpha value is -1.06. The van der Waals surface area contributed by atoms with E-state index >= 15 is 0 Å². The van der Waals surface area contributed by atoms with E-state index in [2.05, 4.69) is 0 Å². The maximum atomic E-state index is 10.2. The molecule has 0 aromatic heterocycles. The Labute approximate surface area is 95.0 Å². The molecule has 1 aromatic rings. The van der Waals surface area contributed by atoms with E-state index in [-0.39, 0.29) is 5.60 Å². The summed E-state index contributed by atoms with van der Waals surface area (Å²) in [5, 5.41) is 10.2. The van der Waals surface area contributed by atoms with Gasteiger partial charge in [0.2, 0.25) is 0 Å². The zero-order valence-electron chi connectivity index (χ0n) is 9.40. The average Bonchev–Trinajstić information content (AvgIpc) is 2.68. The second-order valence-electron chi connectivity index (χ2n) is 4.85. The number of benzene rings is 1. The van der Waals surface area contributed by atoms with E-state index in [1.165, 1.54) is 0 Å². The lowest BCUT2D eigenvalue weighted by Crippen LogP contribution is -2.41. The van der Waals surface area contributed by atoms with Crippen LogP contribution < -0.4 is 4.74 Å². The van der Waals surface area contributed by atoms with E-state index in [1.54, 1.807) is 0 Å². The molecule has 2 aliphatic rings. The lowest BCUT2D eigenvalue weighted by Gasteiger charge is -2.37. The van der Waals surface area contributed by atoms with Gasteiger partial charge < -0.3 is 14.6 Å². The first-order valence-electron chi connectivity index (χ1n) is 5.74. The third-order valence-corrected chi connectivity index (χ3v) is 3.48. The van der Waals surface area contributed by atoms with Crippen molar-refractivity contribution in [1.29, 1.82) is 0 Å². The van der Waals surface area contributed by atoms with Gasteiger partial charge in [-0.2, -0.15) is 0 Å². The molecule has 2 heterocycles.